The molecule has 1 heterocycles. The van der Waals surface area contributed by atoms with Crippen LogP contribution in [0.1, 0.15) is 40.0 Å². The van der Waals surface area contributed by atoms with E-state index < -0.39 is 0 Å². The molecule has 0 aromatic heterocycles. The first-order valence-electron chi connectivity index (χ1n) is 7.13. The number of carbonyl (C=O) groups is 1. The maximum atomic E-state index is 12.1. The molecule has 1 rings (SSSR count). The van der Waals surface area contributed by atoms with E-state index in [0.717, 1.165) is 32.4 Å². The van der Waals surface area contributed by atoms with Gasteiger partial charge in [-0.25, -0.2) is 0 Å². The first kappa shape index (κ1) is 15.4. The molecule has 1 aliphatic rings. The summed E-state index contributed by atoms with van der Waals surface area (Å²) in [5.74, 6) is 0.885. The van der Waals surface area contributed by atoms with E-state index in [1.54, 1.807) is 0 Å². The first-order valence-corrected chi connectivity index (χ1v) is 7.13. The fourth-order valence-corrected chi connectivity index (χ4v) is 2.47. The minimum Gasteiger partial charge on any atom is -0.326 e. The van der Waals surface area contributed by atoms with Crippen LogP contribution in [0.25, 0.3) is 0 Å². The predicted octanol–water partition coefficient (Wildman–Crippen LogP) is 1.52. The molecule has 1 N–H and O–H groups in total. The summed E-state index contributed by atoms with van der Waals surface area (Å²) in [6.45, 7) is 8.37. The number of hydrogen-bond acceptors (Lipinski definition) is 3. The van der Waals surface area contributed by atoms with Gasteiger partial charge in [0.05, 0.1) is 12.2 Å². The molecule has 2 unspecified atom stereocenters. The van der Waals surface area contributed by atoms with E-state index in [4.69, 9.17) is 0 Å². The first-order chi connectivity index (χ1) is 8.41. The molecule has 0 spiro atoms. The van der Waals surface area contributed by atoms with Gasteiger partial charge in [-0.3, -0.25) is 10.1 Å². The van der Waals surface area contributed by atoms with Crippen molar-refractivity contribution in [2.45, 2.75) is 52.2 Å². The van der Waals surface area contributed by atoms with Gasteiger partial charge in [-0.1, -0.05) is 13.8 Å². The second-order valence-corrected chi connectivity index (χ2v) is 6.08. The minimum atomic E-state index is -0.0115. The summed E-state index contributed by atoms with van der Waals surface area (Å²) in [6, 6.07) is -0.0115. The molecule has 4 nitrogen and oxygen atoms in total. The largest absolute Gasteiger partial charge is 0.326 e. The summed E-state index contributed by atoms with van der Waals surface area (Å²) in [5.41, 5.74) is 0. The van der Waals surface area contributed by atoms with Gasteiger partial charge in [-0.05, 0) is 52.7 Å². The van der Waals surface area contributed by atoms with Crippen LogP contribution in [0.3, 0.4) is 0 Å². The van der Waals surface area contributed by atoms with Crippen molar-refractivity contribution in [3.8, 4) is 0 Å². The molecule has 2 atom stereocenters. The van der Waals surface area contributed by atoms with Crippen LogP contribution in [0.5, 0.6) is 0 Å². The van der Waals surface area contributed by atoms with E-state index in [-0.39, 0.29) is 18.1 Å². The van der Waals surface area contributed by atoms with Gasteiger partial charge >= 0.3 is 0 Å². The van der Waals surface area contributed by atoms with Crippen molar-refractivity contribution in [1.29, 1.82) is 0 Å². The van der Waals surface area contributed by atoms with Gasteiger partial charge < -0.3 is 9.80 Å². The summed E-state index contributed by atoms with van der Waals surface area (Å²) in [5, 5.41) is 3.40. The molecule has 0 saturated carbocycles. The van der Waals surface area contributed by atoms with Crippen LogP contribution >= 0.6 is 0 Å². The van der Waals surface area contributed by atoms with Gasteiger partial charge in [0, 0.05) is 6.54 Å². The molecule has 4 heteroatoms. The third-order valence-corrected chi connectivity index (χ3v) is 3.42. The van der Waals surface area contributed by atoms with Crippen LogP contribution in [-0.4, -0.2) is 55.1 Å². The summed E-state index contributed by atoms with van der Waals surface area (Å²) < 4.78 is 0. The molecule has 1 amide bonds. The van der Waals surface area contributed by atoms with E-state index in [1.807, 2.05) is 11.8 Å². The average molecular weight is 255 g/mol. The normalized spacial score (nSPS) is 24.6. The molecular formula is C14H29N3O. The standard InChI is InChI=1S/C14H29N3O/c1-11(2)10-13-15-12(3)14(18)17(13)9-7-6-8-16(4)5/h11-13,15H,6-10H2,1-5H3. The van der Waals surface area contributed by atoms with Gasteiger partial charge in [0.15, 0.2) is 0 Å². The van der Waals surface area contributed by atoms with Crippen molar-refractivity contribution < 1.29 is 4.79 Å². The van der Waals surface area contributed by atoms with Crippen molar-refractivity contribution in [3.63, 3.8) is 0 Å². The monoisotopic (exact) mass is 255 g/mol. The fraction of sp³-hybridized carbons (Fsp3) is 0.929. The Kier molecular flexibility index (Phi) is 6.09. The lowest BCUT2D eigenvalue weighted by Gasteiger charge is -2.25. The van der Waals surface area contributed by atoms with Gasteiger partial charge in [0.2, 0.25) is 5.91 Å². The number of unbranched alkanes of at least 4 members (excludes halogenated alkanes) is 1. The molecule has 0 aromatic rings. The molecule has 1 aliphatic heterocycles. The van der Waals surface area contributed by atoms with Crippen molar-refractivity contribution in [1.82, 2.24) is 15.1 Å². The third-order valence-electron chi connectivity index (χ3n) is 3.42. The maximum Gasteiger partial charge on any atom is 0.240 e. The Balaban J connectivity index is 2.41. The highest BCUT2D eigenvalue weighted by Gasteiger charge is 2.35. The Morgan fingerprint density at radius 2 is 2.00 bits per heavy atom. The van der Waals surface area contributed by atoms with Crippen LogP contribution in [0, 0.1) is 5.92 Å². The molecule has 1 fully saturated rings. The third kappa shape index (κ3) is 4.58. The molecule has 106 valence electrons. The fourth-order valence-electron chi connectivity index (χ4n) is 2.47. The smallest absolute Gasteiger partial charge is 0.240 e. The average Bonchev–Trinajstić information content (AvgIpc) is 2.50. The quantitative estimate of drug-likeness (QED) is 0.701. The Hall–Kier alpha value is -0.610. The second-order valence-electron chi connectivity index (χ2n) is 6.08. The number of nitrogens with zero attached hydrogens (tertiary/aromatic N) is 2. The van der Waals surface area contributed by atoms with E-state index in [0.29, 0.717) is 5.92 Å². The van der Waals surface area contributed by atoms with Gasteiger partial charge in [-0.15, -0.1) is 0 Å². The molecule has 0 bridgehead atoms. The van der Waals surface area contributed by atoms with Crippen LogP contribution < -0.4 is 5.32 Å². The summed E-state index contributed by atoms with van der Waals surface area (Å²) in [6.07, 6.45) is 3.53. The molecule has 0 aromatic carbocycles. The van der Waals surface area contributed by atoms with E-state index >= 15 is 0 Å². The van der Waals surface area contributed by atoms with Gasteiger partial charge in [0.1, 0.15) is 0 Å². The van der Waals surface area contributed by atoms with E-state index in [2.05, 4.69) is 38.2 Å². The second kappa shape index (κ2) is 7.10. The zero-order valence-electron chi connectivity index (χ0n) is 12.6. The summed E-state index contributed by atoms with van der Waals surface area (Å²) in [7, 11) is 4.18. The van der Waals surface area contributed by atoms with Crippen LogP contribution in [-0.2, 0) is 4.79 Å². The molecule has 1 saturated heterocycles. The minimum absolute atomic E-state index is 0.0115. The summed E-state index contributed by atoms with van der Waals surface area (Å²) >= 11 is 0. The lowest BCUT2D eigenvalue weighted by Crippen LogP contribution is -2.39. The van der Waals surface area contributed by atoms with Crippen molar-refractivity contribution in [2.24, 2.45) is 5.92 Å². The number of nitrogens with one attached hydrogen (secondary N) is 1. The Labute approximate surface area is 112 Å². The number of hydrogen-bond donors (Lipinski definition) is 1. The van der Waals surface area contributed by atoms with Crippen LogP contribution in [0.2, 0.25) is 0 Å². The van der Waals surface area contributed by atoms with Crippen LogP contribution in [0.4, 0.5) is 0 Å². The summed E-state index contributed by atoms with van der Waals surface area (Å²) in [4.78, 5) is 16.3. The molecule has 0 radical (unpaired) electrons. The van der Waals surface area contributed by atoms with E-state index in [9.17, 15) is 4.79 Å². The van der Waals surface area contributed by atoms with Gasteiger partial charge in [0.25, 0.3) is 0 Å². The Morgan fingerprint density at radius 3 is 2.56 bits per heavy atom. The SMILES string of the molecule is CC(C)CC1NC(C)C(=O)N1CCCCN(C)C. The Bertz CT molecular complexity index is 266. The number of rotatable bonds is 7. The predicted molar refractivity (Wildman–Crippen MR) is 75.3 cm³/mol. The zero-order valence-corrected chi connectivity index (χ0v) is 12.6. The molecule has 0 aliphatic carbocycles. The lowest BCUT2D eigenvalue weighted by molar-refractivity contribution is -0.130. The van der Waals surface area contributed by atoms with Crippen molar-refractivity contribution in [2.75, 3.05) is 27.2 Å². The number of amides is 1. The number of carbonyl (C=O) groups excluding carboxylic acids is 1. The lowest BCUT2D eigenvalue weighted by atomic mass is 10.1. The highest BCUT2D eigenvalue weighted by Crippen LogP contribution is 2.18. The van der Waals surface area contributed by atoms with Crippen LogP contribution in [0.15, 0.2) is 0 Å². The van der Waals surface area contributed by atoms with Crippen molar-refractivity contribution >= 4 is 5.91 Å². The van der Waals surface area contributed by atoms with Crippen molar-refractivity contribution in [3.05, 3.63) is 0 Å². The highest BCUT2D eigenvalue weighted by atomic mass is 16.2. The maximum absolute atomic E-state index is 12.1. The molecular weight excluding hydrogens is 226 g/mol. The Morgan fingerprint density at radius 1 is 1.33 bits per heavy atom. The van der Waals surface area contributed by atoms with E-state index in [1.165, 1.54) is 0 Å². The highest BCUT2D eigenvalue weighted by molar-refractivity contribution is 5.83. The molecule has 18 heavy (non-hydrogen) atoms. The van der Waals surface area contributed by atoms with Gasteiger partial charge in [-0.2, -0.15) is 0 Å². The topological polar surface area (TPSA) is 35.6 Å². The zero-order chi connectivity index (χ0) is 13.7.